The van der Waals surface area contributed by atoms with E-state index >= 15 is 0 Å². The van der Waals surface area contributed by atoms with Crippen LogP contribution in [0.25, 0.3) is 22.5 Å². The van der Waals surface area contributed by atoms with E-state index in [2.05, 4.69) is 4.98 Å². The van der Waals surface area contributed by atoms with Gasteiger partial charge in [0.25, 0.3) is 0 Å². The third-order valence-electron chi connectivity index (χ3n) is 5.70. The van der Waals surface area contributed by atoms with Crippen LogP contribution in [0.1, 0.15) is 17.1 Å². The predicted octanol–water partition coefficient (Wildman–Crippen LogP) is 7.02. The van der Waals surface area contributed by atoms with Crippen LogP contribution in [0.3, 0.4) is 0 Å². The zero-order valence-electron chi connectivity index (χ0n) is 19.7. The van der Waals surface area contributed by atoms with Gasteiger partial charge >= 0.3 is 6.18 Å². The van der Waals surface area contributed by atoms with Crippen molar-refractivity contribution in [2.45, 2.75) is 18.0 Å². The first-order valence-electron chi connectivity index (χ1n) is 10.9. The molecule has 37 heavy (non-hydrogen) atoms. The Bertz CT molecular complexity index is 1480. The lowest BCUT2D eigenvalue weighted by atomic mass is 10.0. The number of hydrogen-bond donors (Lipinski definition) is 2. The molecule has 0 bridgehead atoms. The minimum Gasteiger partial charge on any atom is -0.403 e. The van der Waals surface area contributed by atoms with Crippen molar-refractivity contribution in [2.24, 2.45) is 11.6 Å². The molecule has 0 spiro atoms. The average molecular weight is 548 g/mol. The van der Waals surface area contributed by atoms with E-state index in [1.165, 1.54) is 34.8 Å². The molecule has 3 aromatic carbocycles. The van der Waals surface area contributed by atoms with Gasteiger partial charge in [-0.05, 0) is 60.7 Å². The lowest BCUT2D eigenvalue weighted by molar-refractivity contribution is -0.141. The van der Waals surface area contributed by atoms with E-state index in [1.807, 2.05) is 30.5 Å². The summed E-state index contributed by atoms with van der Waals surface area (Å²) in [5, 5.41) is 1.13. The number of alkyl halides is 3. The molecule has 4 aromatic rings. The van der Waals surface area contributed by atoms with Crippen molar-refractivity contribution in [3.63, 3.8) is 0 Å². The molecule has 0 fully saturated rings. The number of hydrogen-bond acceptors (Lipinski definition) is 5. The molecule has 0 radical (unpaired) electrons. The van der Waals surface area contributed by atoms with Gasteiger partial charge in [-0.1, -0.05) is 35.9 Å². The van der Waals surface area contributed by atoms with E-state index < -0.39 is 17.7 Å². The lowest BCUT2D eigenvalue weighted by Gasteiger charge is -2.26. The molecule has 0 unspecified atom stereocenters. The molecule has 4 rings (SSSR count). The van der Waals surface area contributed by atoms with Crippen LogP contribution in [-0.2, 0) is 6.18 Å². The molecule has 0 aliphatic carbocycles. The molecule has 0 aliphatic heterocycles. The smallest absolute Gasteiger partial charge is 0.403 e. The SMILES string of the molecule is CSc1cccc(-c2ccc(-n3cc(C(F)(F)F)nc3C)c(N(N)/C(=C\N)c3ccc(Cl)c(F)c3)c2)c1. The third-order valence-corrected chi connectivity index (χ3v) is 6.73. The summed E-state index contributed by atoms with van der Waals surface area (Å²) in [7, 11) is 0. The number of anilines is 1. The van der Waals surface area contributed by atoms with Crippen LogP contribution in [0.2, 0.25) is 5.02 Å². The fourth-order valence-corrected chi connectivity index (χ4v) is 4.43. The monoisotopic (exact) mass is 547 g/mol. The van der Waals surface area contributed by atoms with Crippen molar-refractivity contribution >= 4 is 34.7 Å². The minimum absolute atomic E-state index is 0.0752. The van der Waals surface area contributed by atoms with Crippen molar-refractivity contribution in [3.05, 3.63) is 101 Å². The van der Waals surface area contributed by atoms with E-state index in [1.54, 1.807) is 36.0 Å². The van der Waals surface area contributed by atoms with Crippen LogP contribution in [0.4, 0.5) is 23.2 Å². The summed E-state index contributed by atoms with van der Waals surface area (Å²) in [5.74, 6) is 5.96. The maximum Gasteiger partial charge on any atom is 0.434 e. The predicted molar refractivity (Wildman–Crippen MR) is 141 cm³/mol. The number of halogens is 5. The number of nitrogens with zero attached hydrogens (tertiary/aromatic N) is 3. The highest BCUT2D eigenvalue weighted by Gasteiger charge is 2.35. The summed E-state index contributed by atoms with van der Waals surface area (Å²) in [6.07, 6.45) is -0.571. The molecule has 0 atom stereocenters. The molecule has 0 amide bonds. The van der Waals surface area contributed by atoms with Crippen LogP contribution >= 0.6 is 23.4 Å². The number of hydrazine groups is 1. The Kier molecular flexibility index (Phi) is 7.54. The fourth-order valence-electron chi connectivity index (χ4n) is 3.86. The summed E-state index contributed by atoms with van der Waals surface area (Å²) in [5.41, 5.74) is 7.66. The Labute approximate surface area is 220 Å². The van der Waals surface area contributed by atoms with Crippen molar-refractivity contribution in [2.75, 3.05) is 11.3 Å². The Morgan fingerprint density at radius 1 is 1.08 bits per heavy atom. The molecular weight excluding hydrogens is 526 g/mol. The molecular formula is C26H22ClF4N5S. The minimum atomic E-state index is -4.63. The summed E-state index contributed by atoms with van der Waals surface area (Å²) < 4.78 is 55.7. The Hall–Kier alpha value is -3.47. The third kappa shape index (κ3) is 5.46. The summed E-state index contributed by atoms with van der Waals surface area (Å²) in [6, 6.07) is 17.0. The van der Waals surface area contributed by atoms with Gasteiger partial charge in [0.05, 0.1) is 22.1 Å². The second kappa shape index (κ2) is 10.5. The molecule has 11 heteroatoms. The first-order chi connectivity index (χ1) is 17.5. The van der Waals surface area contributed by atoms with Crippen molar-refractivity contribution < 1.29 is 17.6 Å². The fraction of sp³-hybridized carbons (Fsp3) is 0.115. The van der Waals surface area contributed by atoms with E-state index in [-0.39, 0.29) is 16.5 Å². The highest BCUT2D eigenvalue weighted by molar-refractivity contribution is 7.98. The lowest BCUT2D eigenvalue weighted by Crippen LogP contribution is -2.31. The van der Waals surface area contributed by atoms with Crippen LogP contribution in [0.15, 0.2) is 78.0 Å². The van der Waals surface area contributed by atoms with E-state index in [0.717, 1.165) is 22.2 Å². The highest BCUT2D eigenvalue weighted by atomic mass is 35.5. The van der Waals surface area contributed by atoms with Crippen LogP contribution in [-0.4, -0.2) is 15.8 Å². The molecule has 0 saturated carbocycles. The van der Waals surface area contributed by atoms with Gasteiger partial charge in [0.1, 0.15) is 11.6 Å². The zero-order valence-corrected chi connectivity index (χ0v) is 21.3. The van der Waals surface area contributed by atoms with E-state index in [4.69, 9.17) is 23.2 Å². The first kappa shape index (κ1) is 26.6. The molecule has 0 saturated heterocycles. The Morgan fingerprint density at radius 3 is 2.43 bits per heavy atom. The Morgan fingerprint density at radius 2 is 1.81 bits per heavy atom. The van der Waals surface area contributed by atoms with Gasteiger partial charge in [0, 0.05) is 22.9 Å². The normalized spacial score (nSPS) is 12.2. The first-order valence-corrected chi connectivity index (χ1v) is 12.5. The van der Waals surface area contributed by atoms with Gasteiger partial charge in [0.2, 0.25) is 0 Å². The standard InChI is InChI=1S/C26H22ClF4N5S/c1-15-34-25(26(29,30)31)14-35(15)22-9-7-17(16-4-3-5-19(10-16)37-2)12-23(22)36(33)24(13-32)18-6-8-20(27)21(28)11-18/h3-14H,32-33H2,1-2H3/b24-13-. The topological polar surface area (TPSA) is 73.1 Å². The number of imidazole rings is 1. The number of aromatic nitrogens is 2. The number of rotatable bonds is 6. The summed E-state index contributed by atoms with van der Waals surface area (Å²) in [6.45, 7) is 1.46. The van der Waals surface area contributed by atoms with Gasteiger partial charge < -0.3 is 10.3 Å². The average Bonchev–Trinajstić information content (AvgIpc) is 3.28. The van der Waals surface area contributed by atoms with E-state index in [0.29, 0.717) is 16.9 Å². The molecule has 0 aliphatic rings. The van der Waals surface area contributed by atoms with Gasteiger partial charge in [-0.15, -0.1) is 11.8 Å². The van der Waals surface area contributed by atoms with Crippen LogP contribution < -0.4 is 16.6 Å². The van der Waals surface area contributed by atoms with Crippen molar-refractivity contribution in [1.29, 1.82) is 0 Å². The second-order valence-corrected chi connectivity index (χ2v) is 9.31. The summed E-state index contributed by atoms with van der Waals surface area (Å²) in [4.78, 5) is 4.71. The number of aryl methyl sites for hydroxylation is 1. The van der Waals surface area contributed by atoms with Crippen molar-refractivity contribution in [1.82, 2.24) is 9.55 Å². The number of nitrogens with two attached hydrogens (primary N) is 2. The molecule has 5 nitrogen and oxygen atoms in total. The van der Waals surface area contributed by atoms with Gasteiger partial charge in [-0.3, -0.25) is 5.01 Å². The molecule has 1 aromatic heterocycles. The van der Waals surface area contributed by atoms with E-state index in [9.17, 15) is 17.6 Å². The van der Waals surface area contributed by atoms with Crippen molar-refractivity contribution in [3.8, 4) is 16.8 Å². The second-order valence-electron chi connectivity index (χ2n) is 8.03. The number of thioether (sulfide) groups is 1. The van der Waals surface area contributed by atoms with Gasteiger partial charge in [0.15, 0.2) is 5.69 Å². The maximum absolute atomic E-state index is 14.2. The van der Waals surface area contributed by atoms with Crippen LogP contribution in [0.5, 0.6) is 0 Å². The van der Waals surface area contributed by atoms with Gasteiger partial charge in [-0.25, -0.2) is 15.2 Å². The summed E-state index contributed by atoms with van der Waals surface area (Å²) >= 11 is 7.40. The molecule has 192 valence electrons. The highest BCUT2D eigenvalue weighted by Crippen LogP contribution is 2.37. The quantitative estimate of drug-likeness (QED) is 0.117. The zero-order chi connectivity index (χ0) is 26.9. The Balaban J connectivity index is 1.91. The number of benzene rings is 3. The van der Waals surface area contributed by atoms with Gasteiger partial charge in [-0.2, -0.15) is 13.2 Å². The molecule has 1 heterocycles. The van der Waals surface area contributed by atoms with Crippen LogP contribution in [0, 0.1) is 12.7 Å². The largest absolute Gasteiger partial charge is 0.434 e. The molecule has 4 N–H and O–H groups in total. The maximum atomic E-state index is 14.2.